The summed E-state index contributed by atoms with van der Waals surface area (Å²) in [5.74, 6) is 2.74. The van der Waals surface area contributed by atoms with E-state index >= 15 is 0 Å². The lowest BCUT2D eigenvalue weighted by atomic mass is 9.42. The van der Waals surface area contributed by atoms with Crippen LogP contribution in [-0.2, 0) is 20.8 Å². The van der Waals surface area contributed by atoms with Crippen molar-refractivity contribution in [3.8, 4) is 17.6 Å². The Bertz CT molecular complexity index is 1610. The largest absolute Gasteiger partial charge is 0.507 e. The minimum absolute atomic E-state index is 0.0788. The molecule has 4 atom stereocenters. The summed E-state index contributed by atoms with van der Waals surface area (Å²) < 4.78 is 0. The summed E-state index contributed by atoms with van der Waals surface area (Å²) in [5, 5.41) is 34.6. The van der Waals surface area contributed by atoms with Gasteiger partial charge in [-0.3, -0.25) is 14.4 Å². The molecular formula is C34H34O6. The topological polar surface area (TPSA) is 112 Å². The second-order valence-corrected chi connectivity index (χ2v) is 12.4. The van der Waals surface area contributed by atoms with Gasteiger partial charge in [-0.15, -0.1) is 0 Å². The molecular weight excluding hydrogens is 504 g/mol. The molecule has 3 aliphatic rings. The first-order chi connectivity index (χ1) is 18.7. The molecule has 0 amide bonds. The van der Waals surface area contributed by atoms with Crippen LogP contribution in [0.15, 0.2) is 59.2 Å². The smallest absolute Gasteiger partial charge is 0.206 e. The highest BCUT2D eigenvalue weighted by molar-refractivity contribution is 6.33. The Labute approximate surface area is 234 Å². The highest BCUT2D eigenvalue weighted by Crippen LogP contribution is 2.65. The average molecular weight is 539 g/mol. The number of aliphatic hydroxyl groups is 2. The third-order valence-electron chi connectivity index (χ3n) is 9.31. The fraction of sp³-hybridized carbons (Fsp3) is 0.382. The van der Waals surface area contributed by atoms with Crippen molar-refractivity contribution < 1.29 is 29.7 Å². The number of Topliss-reactive ketones (excluding diaryl/α,β-unsaturated/α-hetero) is 3. The predicted molar refractivity (Wildman–Crippen MR) is 151 cm³/mol. The van der Waals surface area contributed by atoms with Crippen molar-refractivity contribution >= 4 is 23.1 Å². The van der Waals surface area contributed by atoms with Gasteiger partial charge in [0.1, 0.15) is 11.5 Å². The first kappa shape index (κ1) is 27.6. The first-order valence-corrected chi connectivity index (χ1v) is 13.6. The molecule has 0 spiro atoms. The second kappa shape index (κ2) is 9.04. The van der Waals surface area contributed by atoms with Crippen LogP contribution >= 0.6 is 0 Å². The van der Waals surface area contributed by atoms with Gasteiger partial charge in [0.15, 0.2) is 11.4 Å². The highest BCUT2D eigenvalue weighted by atomic mass is 16.3. The fourth-order valence-electron chi connectivity index (χ4n) is 8.03. The maximum atomic E-state index is 14.4. The third kappa shape index (κ3) is 3.57. The number of benzene rings is 2. The van der Waals surface area contributed by atoms with Gasteiger partial charge < -0.3 is 15.3 Å². The molecule has 6 heteroatoms. The van der Waals surface area contributed by atoms with Gasteiger partial charge in [0.25, 0.3) is 0 Å². The molecule has 0 heterocycles. The number of phenols is 1. The van der Waals surface area contributed by atoms with E-state index in [1.165, 1.54) is 13.0 Å². The molecule has 3 aliphatic carbocycles. The lowest BCUT2D eigenvalue weighted by Crippen LogP contribution is -2.70. The highest BCUT2D eigenvalue weighted by Gasteiger charge is 2.72. The summed E-state index contributed by atoms with van der Waals surface area (Å²) in [6, 6.07) is 12.6. The van der Waals surface area contributed by atoms with Gasteiger partial charge in [-0.2, -0.15) is 0 Å². The number of hydrogen-bond donors (Lipinski definition) is 3. The lowest BCUT2D eigenvalue weighted by Gasteiger charge is -2.60. The standard InChI is InChI=1S/C34H34O6/c1-18(2)27-19(3)25(20(4)35)30(38)34(40)31(39)28-29(37)26-23(16-32(28,5)17-33(27,34)6)22(14-15-24(26)36)13-12-21-10-8-7-9-11-21/h7-11,14-15,18,27,36-37,40H,16-17H2,1-6H3/t27-,32+,33+,34-/m1/s1. The van der Waals surface area contributed by atoms with Crippen LogP contribution in [0.2, 0.25) is 0 Å². The molecule has 1 saturated carbocycles. The van der Waals surface area contributed by atoms with Crippen LogP contribution in [0.5, 0.6) is 5.75 Å². The van der Waals surface area contributed by atoms with Crippen molar-refractivity contribution in [1.29, 1.82) is 0 Å². The number of carbonyl (C=O) groups excluding carboxylic acids is 3. The van der Waals surface area contributed by atoms with E-state index in [1.54, 1.807) is 19.9 Å². The van der Waals surface area contributed by atoms with Crippen molar-refractivity contribution in [1.82, 2.24) is 0 Å². The van der Waals surface area contributed by atoms with Crippen LogP contribution in [0.1, 0.15) is 70.2 Å². The molecule has 206 valence electrons. The van der Waals surface area contributed by atoms with E-state index in [4.69, 9.17) is 0 Å². The molecule has 0 unspecified atom stereocenters. The van der Waals surface area contributed by atoms with Crippen LogP contribution in [-0.4, -0.2) is 38.3 Å². The monoisotopic (exact) mass is 538 g/mol. The molecule has 2 aromatic carbocycles. The van der Waals surface area contributed by atoms with Crippen molar-refractivity contribution in [3.05, 3.63) is 81.4 Å². The minimum atomic E-state index is -2.54. The molecule has 1 fully saturated rings. The Morgan fingerprint density at radius 1 is 1.00 bits per heavy atom. The van der Waals surface area contributed by atoms with E-state index in [-0.39, 0.29) is 41.2 Å². The van der Waals surface area contributed by atoms with Gasteiger partial charge in [0, 0.05) is 27.5 Å². The molecule has 0 aliphatic heterocycles. The van der Waals surface area contributed by atoms with Gasteiger partial charge in [-0.25, -0.2) is 0 Å². The number of hydrogen-bond acceptors (Lipinski definition) is 6. The Morgan fingerprint density at radius 3 is 2.25 bits per heavy atom. The molecule has 3 N–H and O–H groups in total. The van der Waals surface area contributed by atoms with Crippen LogP contribution in [0.25, 0.3) is 5.76 Å². The van der Waals surface area contributed by atoms with Gasteiger partial charge in [0.05, 0.1) is 11.1 Å². The molecule has 0 bridgehead atoms. The van der Waals surface area contributed by atoms with Crippen molar-refractivity contribution in [2.45, 2.75) is 60.0 Å². The third-order valence-corrected chi connectivity index (χ3v) is 9.31. The quantitative estimate of drug-likeness (QED) is 0.279. The van der Waals surface area contributed by atoms with E-state index in [9.17, 15) is 29.7 Å². The van der Waals surface area contributed by atoms with E-state index in [0.29, 0.717) is 16.7 Å². The van der Waals surface area contributed by atoms with Crippen molar-refractivity contribution in [2.24, 2.45) is 22.7 Å². The maximum absolute atomic E-state index is 14.4. The number of aliphatic hydroxyl groups excluding tert-OH is 1. The molecule has 0 aromatic heterocycles. The molecule has 6 nitrogen and oxygen atoms in total. The van der Waals surface area contributed by atoms with E-state index in [0.717, 1.165) is 5.56 Å². The van der Waals surface area contributed by atoms with Crippen molar-refractivity contribution in [2.75, 3.05) is 0 Å². The fourth-order valence-corrected chi connectivity index (χ4v) is 8.03. The molecule has 2 aromatic rings. The van der Waals surface area contributed by atoms with Crippen LogP contribution in [0.3, 0.4) is 0 Å². The Balaban J connectivity index is 1.76. The summed E-state index contributed by atoms with van der Waals surface area (Å²) in [5.41, 5.74) is -2.33. The molecule has 5 rings (SSSR count). The van der Waals surface area contributed by atoms with Crippen LogP contribution in [0, 0.1) is 34.5 Å². The molecule has 0 radical (unpaired) electrons. The van der Waals surface area contributed by atoms with Crippen LogP contribution in [0.4, 0.5) is 0 Å². The number of aromatic hydroxyl groups is 1. The Kier molecular flexibility index (Phi) is 6.24. The summed E-state index contributed by atoms with van der Waals surface area (Å²) in [4.78, 5) is 40.9. The van der Waals surface area contributed by atoms with Crippen LogP contribution < -0.4 is 0 Å². The molecule has 40 heavy (non-hydrogen) atoms. The van der Waals surface area contributed by atoms with Gasteiger partial charge in [-0.05, 0) is 68.4 Å². The summed E-state index contributed by atoms with van der Waals surface area (Å²) in [6.07, 6.45) is 0.451. The Morgan fingerprint density at radius 2 is 1.65 bits per heavy atom. The van der Waals surface area contributed by atoms with E-state index < -0.39 is 45.5 Å². The Hall–Kier alpha value is -3.95. The molecule has 0 saturated heterocycles. The maximum Gasteiger partial charge on any atom is 0.206 e. The number of rotatable bonds is 2. The minimum Gasteiger partial charge on any atom is -0.507 e. The zero-order chi connectivity index (χ0) is 29.4. The first-order valence-electron chi connectivity index (χ1n) is 13.6. The van der Waals surface area contributed by atoms with Crippen molar-refractivity contribution in [3.63, 3.8) is 0 Å². The van der Waals surface area contributed by atoms with Gasteiger partial charge in [-0.1, -0.05) is 63.3 Å². The number of phenolic OH excluding ortho intramolecular Hbond substituents is 1. The summed E-state index contributed by atoms with van der Waals surface area (Å²) in [6.45, 7) is 10.5. The summed E-state index contributed by atoms with van der Waals surface area (Å²) >= 11 is 0. The van der Waals surface area contributed by atoms with Gasteiger partial charge >= 0.3 is 0 Å². The van der Waals surface area contributed by atoms with E-state index in [2.05, 4.69) is 11.8 Å². The number of carbonyl (C=O) groups is 3. The van der Waals surface area contributed by atoms with Gasteiger partial charge in [0.2, 0.25) is 11.6 Å². The number of ketones is 3. The summed E-state index contributed by atoms with van der Waals surface area (Å²) in [7, 11) is 0. The average Bonchev–Trinajstić information content (AvgIpc) is 2.86. The number of allylic oxidation sites excluding steroid dienone is 1. The zero-order valence-corrected chi connectivity index (χ0v) is 23.7. The number of fused-ring (bicyclic) bond motifs is 3. The SMILES string of the molecule is CC(=O)C1=C(C)[C@@H](C(C)C)[C@]2(C)C[C@]3(C)Cc4c(C#Cc5ccccc5)ccc(O)c4C(O)=C3C(=O)[C@]2(O)C1=O. The zero-order valence-electron chi connectivity index (χ0n) is 23.7. The second-order valence-electron chi connectivity index (χ2n) is 12.4. The van der Waals surface area contributed by atoms with E-state index in [1.807, 2.05) is 51.1 Å². The predicted octanol–water partition coefficient (Wildman–Crippen LogP) is 5.09. The lowest BCUT2D eigenvalue weighted by molar-refractivity contribution is -0.180. The normalized spacial score (nSPS) is 29.4.